The molecule has 20 heavy (non-hydrogen) atoms. The molecular formula is C15H28N4O. The number of likely N-dealkylation sites (N-methyl/N-ethyl adjacent to an activating group) is 1. The lowest BCUT2D eigenvalue weighted by Crippen LogP contribution is -2.49. The molecule has 0 amide bonds. The lowest BCUT2D eigenvalue weighted by Gasteiger charge is -2.35. The monoisotopic (exact) mass is 280 g/mol. The zero-order valence-corrected chi connectivity index (χ0v) is 13.0. The molecule has 0 bridgehead atoms. The minimum atomic E-state index is 0.456. The van der Waals surface area contributed by atoms with Crippen LogP contribution in [0, 0.1) is 0 Å². The van der Waals surface area contributed by atoms with Crippen LogP contribution in [0.4, 0.5) is 0 Å². The molecule has 1 aromatic heterocycles. The Morgan fingerprint density at radius 2 is 2.35 bits per heavy atom. The second kappa shape index (κ2) is 7.76. The van der Waals surface area contributed by atoms with Gasteiger partial charge in [0.25, 0.3) is 0 Å². The van der Waals surface area contributed by atoms with Crippen molar-refractivity contribution in [2.24, 2.45) is 0 Å². The van der Waals surface area contributed by atoms with Crippen LogP contribution in [0.15, 0.2) is 12.3 Å². The molecule has 1 aliphatic rings. The van der Waals surface area contributed by atoms with Gasteiger partial charge >= 0.3 is 0 Å². The molecule has 1 N–H and O–H groups in total. The number of nitrogens with one attached hydrogen (secondary N) is 1. The number of ether oxygens (including phenoxy) is 1. The summed E-state index contributed by atoms with van der Waals surface area (Å²) in [6, 6.07) is 3.08. The highest BCUT2D eigenvalue weighted by Gasteiger charge is 2.23. The van der Waals surface area contributed by atoms with Crippen LogP contribution in [0.1, 0.15) is 38.9 Å². The fourth-order valence-electron chi connectivity index (χ4n) is 2.50. The summed E-state index contributed by atoms with van der Waals surface area (Å²) in [5, 5.41) is 8.12. The fraction of sp³-hybridized carbons (Fsp3) is 0.800. The maximum absolute atomic E-state index is 5.60. The summed E-state index contributed by atoms with van der Waals surface area (Å²) < 4.78 is 7.68. The second-order valence-electron chi connectivity index (χ2n) is 5.55. The van der Waals surface area contributed by atoms with Gasteiger partial charge in [-0.05, 0) is 26.0 Å². The Balaban J connectivity index is 1.94. The molecule has 2 heterocycles. The Morgan fingerprint density at radius 3 is 3.10 bits per heavy atom. The van der Waals surface area contributed by atoms with Gasteiger partial charge in [0.05, 0.1) is 18.9 Å². The molecule has 2 unspecified atom stereocenters. The molecule has 0 saturated carbocycles. The third-order valence-corrected chi connectivity index (χ3v) is 4.05. The Hall–Kier alpha value is -0.910. The Labute approximate surface area is 122 Å². The van der Waals surface area contributed by atoms with Gasteiger partial charge in [0.1, 0.15) is 0 Å². The molecular weight excluding hydrogens is 252 g/mol. The van der Waals surface area contributed by atoms with Crippen LogP contribution in [0.2, 0.25) is 0 Å². The van der Waals surface area contributed by atoms with E-state index in [-0.39, 0.29) is 0 Å². The van der Waals surface area contributed by atoms with Crippen LogP contribution in [0.3, 0.4) is 0 Å². The van der Waals surface area contributed by atoms with Gasteiger partial charge in [-0.2, -0.15) is 5.10 Å². The van der Waals surface area contributed by atoms with Crippen molar-refractivity contribution in [1.82, 2.24) is 20.0 Å². The molecule has 2 rings (SSSR count). The van der Waals surface area contributed by atoms with Crippen LogP contribution in [0.25, 0.3) is 0 Å². The van der Waals surface area contributed by atoms with Gasteiger partial charge in [0, 0.05) is 37.9 Å². The molecule has 1 aliphatic heterocycles. The average molecular weight is 280 g/mol. The molecule has 1 aromatic rings. The van der Waals surface area contributed by atoms with Crippen molar-refractivity contribution in [3.8, 4) is 0 Å². The topological polar surface area (TPSA) is 42.3 Å². The summed E-state index contributed by atoms with van der Waals surface area (Å²) in [5.41, 5.74) is 1.16. The van der Waals surface area contributed by atoms with E-state index >= 15 is 0 Å². The molecule has 5 nitrogen and oxygen atoms in total. The van der Waals surface area contributed by atoms with Crippen LogP contribution in [0.5, 0.6) is 0 Å². The highest BCUT2D eigenvalue weighted by atomic mass is 16.5. The largest absolute Gasteiger partial charge is 0.378 e. The van der Waals surface area contributed by atoms with Gasteiger partial charge in [-0.25, -0.2) is 0 Å². The van der Waals surface area contributed by atoms with E-state index in [2.05, 4.69) is 47.9 Å². The van der Waals surface area contributed by atoms with Crippen molar-refractivity contribution < 1.29 is 4.74 Å². The first-order valence-corrected chi connectivity index (χ1v) is 7.81. The van der Waals surface area contributed by atoms with E-state index in [1.807, 2.05) is 0 Å². The van der Waals surface area contributed by atoms with Crippen molar-refractivity contribution in [3.63, 3.8) is 0 Å². The maximum atomic E-state index is 5.60. The number of hydrogen-bond donors (Lipinski definition) is 1. The fourth-order valence-corrected chi connectivity index (χ4v) is 2.50. The van der Waals surface area contributed by atoms with Crippen molar-refractivity contribution in [1.29, 1.82) is 0 Å². The van der Waals surface area contributed by atoms with E-state index in [9.17, 15) is 0 Å². The third kappa shape index (κ3) is 4.04. The van der Waals surface area contributed by atoms with E-state index in [1.54, 1.807) is 0 Å². The maximum Gasteiger partial charge on any atom is 0.0765 e. The normalized spacial score (nSPS) is 22.1. The number of morpholine rings is 1. The lowest BCUT2D eigenvalue weighted by molar-refractivity contribution is -0.0113. The smallest absolute Gasteiger partial charge is 0.0765 e. The molecule has 0 aromatic carbocycles. The van der Waals surface area contributed by atoms with Crippen molar-refractivity contribution >= 4 is 0 Å². The summed E-state index contributed by atoms with van der Waals surface area (Å²) in [6.07, 6.45) is 3.21. The SMILES string of the molecule is CCNCC1COCCN1Cc1ccn(C(C)CC)n1. The minimum Gasteiger partial charge on any atom is -0.378 e. The summed E-state index contributed by atoms with van der Waals surface area (Å²) in [6.45, 7) is 12.1. The summed E-state index contributed by atoms with van der Waals surface area (Å²) in [7, 11) is 0. The average Bonchev–Trinajstić information content (AvgIpc) is 2.94. The summed E-state index contributed by atoms with van der Waals surface area (Å²) in [4.78, 5) is 2.48. The number of hydrogen-bond acceptors (Lipinski definition) is 4. The Kier molecular flexibility index (Phi) is 6.01. The predicted molar refractivity (Wildman–Crippen MR) is 80.8 cm³/mol. The van der Waals surface area contributed by atoms with Gasteiger partial charge in [-0.1, -0.05) is 13.8 Å². The molecule has 114 valence electrons. The van der Waals surface area contributed by atoms with Gasteiger partial charge in [-0.15, -0.1) is 0 Å². The standard InChI is InChI=1S/C15H28N4O/c1-4-13(3)19-7-6-14(17-19)11-18-8-9-20-12-15(18)10-16-5-2/h6-7,13,15-16H,4-5,8-12H2,1-3H3. The highest BCUT2D eigenvalue weighted by molar-refractivity contribution is 5.00. The van der Waals surface area contributed by atoms with E-state index < -0.39 is 0 Å². The molecule has 5 heteroatoms. The van der Waals surface area contributed by atoms with Crippen LogP contribution in [-0.2, 0) is 11.3 Å². The lowest BCUT2D eigenvalue weighted by atomic mass is 10.2. The van der Waals surface area contributed by atoms with Gasteiger partial charge in [0.2, 0.25) is 0 Å². The summed E-state index contributed by atoms with van der Waals surface area (Å²) >= 11 is 0. The molecule has 1 saturated heterocycles. The van der Waals surface area contributed by atoms with Crippen LogP contribution in [-0.4, -0.2) is 53.6 Å². The highest BCUT2D eigenvalue weighted by Crippen LogP contribution is 2.13. The molecule has 2 atom stereocenters. The van der Waals surface area contributed by atoms with E-state index in [1.165, 1.54) is 0 Å². The zero-order valence-electron chi connectivity index (χ0n) is 13.0. The van der Waals surface area contributed by atoms with Crippen molar-refractivity contribution in [2.45, 2.75) is 45.8 Å². The van der Waals surface area contributed by atoms with E-state index in [0.717, 1.165) is 51.5 Å². The first kappa shape index (κ1) is 15.5. The first-order valence-electron chi connectivity index (χ1n) is 7.81. The van der Waals surface area contributed by atoms with Crippen LogP contribution >= 0.6 is 0 Å². The number of aromatic nitrogens is 2. The second-order valence-corrected chi connectivity index (χ2v) is 5.55. The van der Waals surface area contributed by atoms with E-state index in [4.69, 9.17) is 9.84 Å². The number of rotatable bonds is 7. The number of nitrogens with zero attached hydrogens (tertiary/aromatic N) is 3. The van der Waals surface area contributed by atoms with Gasteiger partial charge in [-0.3, -0.25) is 9.58 Å². The van der Waals surface area contributed by atoms with Crippen molar-refractivity contribution in [2.75, 3.05) is 32.8 Å². The van der Waals surface area contributed by atoms with Crippen LogP contribution < -0.4 is 5.32 Å². The summed E-state index contributed by atoms with van der Waals surface area (Å²) in [5.74, 6) is 0. The predicted octanol–water partition coefficient (Wildman–Crippen LogP) is 1.66. The van der Waals surface area contributed by atoms with Gasteiger partial charge in [0.15, 0.2) is 0 Å². The molecule has 1 fully saturated rings. The quantitative estimate of drug-likeness (QED) is 0.825. The van der Waals surface area contributed by atoms with Gasteiger partial charge < -0.3 is 10.1 Å². The molecule has 0 radical (unpaired) electrons. The minimum absolute atomic E-state index is 0.456. The Bertz CT molecular complexity index is 393. The van der Waals surface area contributed by atoms with E-state index in [0.29, 0.717) is 12.1 Å². The third-order valence-electron chi connectivity index (χ3n) is 4.05. The molecule has 0 spiro atoms. The first-order chi connectivity index (χ1) is 9.74. The molecule has 0 aliphatic carbocycles. The zero-order chi connectivity index (χ0) is 14.4. The van der Waals surface area contributed by atoms with Crippen molar-refractivity contribution in [3.05, 3.63) is 18.0 Å². The Morgan fingerprint density at radius 1 is 1.50 bits per heavy atom.